The third kappa shape index (κ3) is 7.19. The summed E-state index contributed by atoms with van der Waals surface area (Å²) >= 11 is 0.905. The number of nitrogens with one attached hydrogen (secondary N) is 3. The van der Waals surface area contributed by atoms with Gasteiger partial charge in [0, 0.05) is 36.5 Å². The van der Waals surface area contributed by atoms with Gasteiger partial charge >= 0.3 is 16.3 Å². The molecule has 20 nitrogen and oxygen atoms in total. The zero-order chi connectivity index (χ0) is 33.3. The molecule has 0 spiro atoms. The molecule has 0 aromatic carbocycles. The number of β-lactam (4-membered cyclic amide) rings is 1. The molecule has 0 unspecified atom stereocenters. The van der Waals surface area contributed by atoms with Crippen molar-refractivity contribution in [3.05, 3.63) is 51.4 Å². The van der Waals surface area contributed by atoms with Crippen LogP contribution in [0.2, 0.25) is 0 Å². The van der Waals surface area contributed by atoms with E-state index in [9.17, 15) is 47.2 Å². The molecule has 238 valence electrons. The molecule has 4 heterocycles. The number of aliphatic carboxylic acids is 1. The lowest BCUT2D eigenvalue weighted by Gasteiger charge is -2.44. The van der Waals surface area contributed by atoms with Crippen molar-refractivity contribution in [2.45, 2.75) is 31.5 Å². The first-order valence-electron chi connectivity index (χ1n) is 12.3. The number of nitrogens with zero attached hydrogens (tertiary/aromatic N) is 5. The van der Waals surface area contributed by atoms with Gasteiger partial charge in [0.25, 0.3) is 17.7 Å². The van der Waals surface area contributed by atoms with E-state index in [-0.39, 0.29) is 32.2 Å². The molecular weight excluding hydrogens is 642 g/mol. The minimum absolute atomic E-state index is 0.00747. The fraction of sp³-hybridized carbons (Fsp3) is 0.261. The van der Waals surface area contributed by atoms with Crippen LogP contribution in [0.25, 0.3) is 11.5 Å². The van der Waals surface area contributed by atoms with Crippen molar-refractivity contribution in [2.75, 3.05) is 12.3 Å². The van der Waals surface area contributed by atoms with Gasteiger partial charge in [0.05, 0.1) is 17.3 Å². The van der Waals surface area contributed by atoms with Crippen LogP contribution in [0.1, 0.15) is 29.9 Å². The van der Waals surface area contributed by atoms with E-state index in [1.165, 1.54) is 5.38 Å². The van der Waals surface area contributed by atoms with Crippen molar-refractivity contribution in [1.82, 2.24) is 34.9 Å². The van der Waals surface area contributed by atoms with Gasteiger partial charge < -0.3 is 36.4 Å². The van der Waals surface area contributed by atoms with E-state index < -0.39 is 75.2 Å². The number of carbonyl (C=O) groups excluding carboxylic acids is 3. The van der Waals surface area contributed by atoms with E-state index in [0.717, 1.165) is 49.7 Å². The van der Waals surface area contributed by atoms with Gasteiger partial charge in [0.15, 0.2) is 28.0 Å². The van der Waals surface area contributed by atoms with Gasteiger partial charge in [-0.3, -0.25) is 23.7 Å². The second kappa shape index (κ2) is 12.3. The number of aromatic nitrogens is 4. The molecule has 3 aromatic heterocycles. The number of amides is 3. The number of pyridine rings is 1. The number of carbonyl (C=O) groups is 4. The van der Waals surface area contributed by atoms with E-state index in [2.05, 4.69) is 35.7 Å². The molecule has 4 rings (SSSR count). The van der Waals surface area contributed by atoms with Crippen molar-refractivity contribution < 1.29 is 47.2 Å². The summed E-state index contributed by atoms with van der Waals surface area (Å²) in [6.07, 6.45) is 2.12. The Labute approximate surface area is 255 Å². The van der Waals surface area contributed by atoms with Crippen LogP contribution in [-0.2, 0) is 29.5 Å². The van der Waals surface area contributed by atoms with Crippen molar-refractivity contribution in [2.24, 2.45) is 5.16 Å². The molecule has 1 aliphatic rings. The van der Waals surface area contributed by atoms with Crippen LogP contribution in [-0.4, -0.2) is 101 Å². The van der Waals surface area contributed by atoms with E-state index in [1.54, 1.807) is 0 Å². The minimum atomic E-state index is -5.14. The summed E-state index contributed by atoms with van der Waals surface area (Å²) in [4.78, 5) is 80.9. The van der Waals surface area contributed by atoms with Crippen molar-refractivity contribution in [3.63, 3.8) is 0 Å². The molecule has 1 saturated heterocycles. The Hall–Kier alpha value is -5.48. The van der Waals surface area contributed by atoms with Crippen molar-refractivity contribution >= 4 is 56.2 Å². The number of thiazole rings is 1. The highest BCUT2D eigenvalue weighted by molar-refractivity contribution is 7.84. The number of rotatable bonds is 11. The molecule has 1 fully saturated rings. The molecule has 3 amide bonds. The molecular formula is C23H23N9O11S2. The number of nitrogen functional groups attached to an aromatic ring is 1. The highest BCUT2D eigenvalue weighted by Gasteiger charge is 2.54. The lowest BCUT2D eigenvalue weighted by molar-refractivity contribution is -0.161. The number of carboxylic acids is 1. The molecule has 0 radical (unpaired) electrons. The second-order valence-corrected chi connectivity index (χ2v) is 11.8. The molecule has 1 aliphatic heterocycles. The largest absolute Gasteiger partial charge is 0.494 e. The first kappa shape index (κ1) is 32.4. The molecule has 22 heteroatoms. The number of hydrogen-bond donors (Lipinski definition) is 7. The molecule has 0 bridgehead atoms. The smallest absolute Gasteiger partial charge is 0.362 e. The first-order chi connectivity index (χ1) is 21.0. The monoisotopic (exact) mass is 665 g/mol. The molecule has 8 N–H and O–H groups in total. The topological polar surface area (TPSA) is 310 Å². The van der Waals surface area contributed by atoms with Gasteiger partial charge in [0.1, 0.15) is 11.7 Å². The quantitative estimate of drug-likeness (QED) is 0.0508. The number of oxime groups is 1. The molecule has 0 saturated carbocycles. The number of carboxylic acid groups (broad SMARTS) is 1. The Morgan fingerprint density at radius 1 is 1.22 bits per heavy atom. The summed E-state index contributed by atoms with van der Waals surface area (Å²) in [7, 11) is -5.14. The number of H-pyrrole nitrogens is 1. The minimum Gasteiger partial charge on any atom is -0.494 e. The number of nitrogens with two attached hydrogens (primary N) is 1. The Kier molecular flexibility index (Phi) is 8.83. The molecule has 2 atom stereocenters. The second-order valence-electron chi connectivity index (χ2n) is 9.67. The maximum atomic E-state index is 13.2. The molecule has 0 aliphatic carbocycles. The van der Waals surface area contributed by atoms with Crippen LogP contribution >= 0.6 is 11.3 Å². The fourth-order valence-electron chi connectivity index (χ4n) is 3.70. The van der Waals surface area contributed by atoms with Gasteiger partial charge in [-0.25, -0.2) is 24.1 Å². The Bertz CT molecular complexity index is 1870. The summed E-state index contributed by atoms with van der Waals surface area (Å²) < 4.78 is 33.4. The van der Waals surface area contributed by atoms with Crippen LogP contribution in [0.3, 0.4) is 0 Å². The van der Waals surface area contributed by atoms with Crippen LogP contribution in [0.5, 0.6) is 5.88 Å². The lowest BCUT2D eigenvalue weighted by Crippen LogP contribution is -2.74. The number of aromatic amines is 1. The van der Waals surface area contributed by atoms with Crippen molar-refractivity contribution in [3.8, 4) is 17.4 Å². The summed E-state index contributed by atoms with van der Waals surface area (Å²) in [5, 5.41) is 28.3. The number of aromatic hydroxyl groups is 1. The highest BCUT2D eigenvalue weighted by Crippen LogP contribution is 2.24. The molecule has 3 aromatic rings. The van der Waals surface area contributed by atoms with Crippen LogP contribution in [0.4, 0.5) is 5.13 Å². The summed E-state index contributed by atoms with van der Waals surface area (Å²) in [5.41, 5.74) is 2.35. The van der Waals surface area contributed by atoms with Gasteiger partial charge in [-0.1, -0.05) is 5.16 Å². The van der Waals surface area contributed by atoms with Crippen LogP contribution < -0.4 is 21.8 Å². The van der Waals surface area contributed by atoms with Crippen molar-refractivity contribution in [1.29, 1.82) is 0 Å². The Morgan fingerprint density at radius 2 is 1.89 bits per heavy atom. The van der Waals surface area contributed by atoms with E-state index >= 15 is 0 Å². The highest BCUT2D eigenvalue weighted by atomic mass is 32.2. The standard InChI is InChI=1S/C23H23N9O11S2/c1-23(2,21(38)39)43-31-15(12-8-44-22(24)29-12)19(36)30-16-13(32(20(16)37)45(40,41)42)7-27-18(35)9-5-25-17(26-6-9)11-3-10(33)4-14(34)28-11/h3-6,8,13,16H,7H2,1-2H3,(H2,24,29)(H,27,35)(H,30,36)(H,38,39)(H2,28,33,34)(H,40,41,42)/t13-,16-/m0/s1. The van der Waals surface area contributed by atoms with Gasteiger partial charge in [-0.05, 0) is 13.8 Å². The van der Waals surface area contributed by atoms with E-state index in [0.29, 0.717) is 0 Å². The maximum absolute atomic E-state index is 13.2. The van der Waals surface area contributed by atoms with E-state index in [4.69, 9.17) is 10.6 Å². The maximum Gasteiger partial charge on any atom is 0.362 e. The number of anilines is 1. The summed E-state index contributed by atoms with van der Waals surface area (Å²) in [6.45, 7) is 1.68. The third-order valence-electron chi connectivity index (χ3n) is 6.02. The first-order valence-corrected chi connectivity index (χ1v) is 14.6. The zero-order valence-corrected chi connectivity index (χ0v) is 24.6. The fourth-order valence-corrected chi connectivity index (χ4v) is 5.13. The van der Waals surface area contributed by atoms with E-state index in [1.807, 2.05) is 0 Å². The van der Waals surface area contributed by atoms with Gasteiger partial charge in [0.2, 0.25) is 5.60 Å². The van der Waals surface area contributed by atoms with Crippen LogP contribution in [0.15, 0.2) is 39.9 Å². The zero-order valence-electron chi connectivity index (χ0n) is 23.0. The summed E-state index contributed by atoms with van der Waals surface area (Å²) in [6, 6.07) is -1.12. The SMILES string of the molecule is CC(C)(ON=C(C(=O)N[C@@H]1C(=O)N(S(=O)(=O)O)[C@H]1CNC(=O)c1cnc(-c2cc(=O)cc(O)[nH]2)nc1)c1csc(N)n1)C(=O)O. The lowest BCUT2D eigenvalue weighted by atomic mass is 9.98. The predicted octanol–water partition coefficient (Wildman–Crippen LogP) is -1.91. The number of hydrogen-bond acceptors (Lipinski definition) is 15. The van der Waals surface area contributed by atoms with Gasteiger partial charge in [-0.15, -0.1) is 11.3 Å². The third-order valence-corrected chi connectivity index (χ3v) is 7.64. The normalized spacial score (nSPS) is 16.9. The molecule has 45 heavy (non-hydrogen) atoms. The average Bonchev–Trinajstić information content (AvgIpc) is 3.37. The van der Waals surface area contributed by atoms with Crippen LogP contribution in [0, 0.1) is 0 Å². The summed E-state index contributed by atoms with van der Waals surface area (Å²) in [5.74, 6) is -5.17. The van der Waals surface area contributed by atoms with Gasteiger partial charge in [-0.2, -0.15) is 8.42 Å². The Morgan fingerprint density at radius 3 is 2.44 bits per heavy atom. The predicted molar refractivity (Wildman–Crippen MR) is 152 cm³/mol. The average molecular weight is 666 g/mol. The Balaban J connectivity index is 1.52.